The molecule has 0 aromatic carbocycles. The zero-order valence-electron chi connectivity index (χ0n) is 10.6. The van der Waals surface area contributed by atoms with E-state index in [-0.39, 0.29) is 6.10 Å². The van der Waals surface area contributed by atoms with Gasteiger partial charge in [0.1, 0.15) is 0 Å². The van der Waals surface area contributed by atoms with Gasteiger partial charge in [0.2, 0.25) is 0 Å². The summed E-state index contributed by atoms with van der Waals surface area (Å²) in [5, 5.41) is 13.7. The number of aliphatic hydroxyl groups excluding tert-OH is 1. The molecule has 0 heterocycles. The number of nitrogens with one attached hydrogen (secondary N) is 1. The van der Waals surface area contributed by atoms with Gasteiger partial charge < -0.3 is 10.4 Å². The van der Waals surface area contributed by atoms with Crippen molar-refractivity contribution in [1.82, 2.24) is 5.32 Å². The van der Waals surface area contributed by atoms with Crippen molar-refractivity contribution in [2.75, 3.05) is 0 Å². The molecule has 2 aliphatic carbocycles. The molecule has 2 N–H and O–H groups in total. The molecule has 0 aliphatic heterocycles. The van der Waals surface area contributed by atoms with E-state index >= 15 is 0 Å². The highest BCUT2D eigenvalue weighted by atomic mass is 16.3. The van der Waals surface area contributed by atoms with Gasteiger partial charge >= 0.3 is 0 Å². The van der Waals surface area contributed by atoms with E-state index in [2.05, 4.69) is 12.2 Å². The van der Waals surface area contributed by atoms with Crippen LogP contribution in [0, 0.1) is 5.92 Å². The molecule has 2 fully saturated rings. The second kappa shape index (κ2) is 6.02. The van der Waals surface area contributed by atoms with Crippen LogP contribution in [0.5, 0.6) is 0 Å². The molecule has 2 aliphatic rings. The van der Waals surface area contributed by atoms with Gasteiger partial charge in [-0.25, -0.2) is 0 Å². The molecule has 0 bridgehead atoms. The summed E-state index contributed by atoms with van der Waals surface area (Å²) >= 11 is 0. The second-order valence-electron chi connectivity index (χ2n) is 5.94. The van der Waals surface area contributed by atoms with Gasteiger partial charge in [-0.05, 0) is 38.0 Å². The Kier molecular flexibility index (Phi) is 4.66. The van der Waals surface area contributed by atoms with Gasteiger partial charge in [0.05, 0.1) is 6.10 Å². The van der Waals surface area contributed by atoms with E-state index in [0.29, 0.717) is 12.1 Å². The van der Waals surface area contributed by atoms with Gasteiger partial charge in [-0.15, -0.1) is 0 Å². The molecule has 4 atom stereocenters. The first-order valence-corrected chi connectivity index (χ1v) is 7.20. The summed E-state index contributed by atoms with van der Waals surface area (Å²) in [6.07, 6.45) is 11.3. The highest BCUT2D eigenvalue weighted by Crippen LogP contribution is 2.25. The topological polar surface area (TPSA) is 32.3 Å². The fourth-order valence-corrected chi connectivity index (χ4v) is 3.26. The second-order valence-corrected chi connectivity index (χ2v) is 5.94. The summed E-state index contributed by atoms with van der Waals surface area (Å²) in [5.74, 6) is 0.906. The molecule has 0 amide bonds. The fraction of sp³-hybridized carbons (Fsp3) is 1.00. The van der Waals surface area contributed by atoms with Crippen LogP contribution in [0.15, 0.2) is 0 Å². The average molecular weight is 225 g/mol. The molecule has 0 spiro atoms. The Morgan fingerprint density at radius 2 is 1.69 bits per heavy atom. The van der Waals surface area contributed by atoms with Crippen molar-refractivity contribution < 1.29 is 5.11 Å². The highest BCUT2D eigenvalue weighted by Gasteiger charge is 2.26. The minimum atomic E-state index is -0.0885. The van der Waals surface area contributed by atoms with Crippen molar-refractivity contribution in [3.63, 3.8) is 0 Å². The predicted molar refractivity (Wildman–Crippen MR) is 67.4 cm³/mol. The molecule has 16 heavy (non-hydrogen) atoms. The van der Waals surface area contributed by atoms with Crippen molar-refractivity contribution >= 4 is 0 Å². The van der Waals surface area contributed by atoms with Crippen molar-refractivity contribution in [3.05, 3.63) is 0 Å². The Labute approximate surface area is 99.8 Å². The van der Waals surface area contributed by atoms with E-state index in [9.17, 15) is 5.11 Å². The van der Waals surface area contributed by atoms with Crippen LogP contribution in [-0.4, -0.2) is 23.3 Å². The van der Waals surface area contributed by atoms with Gasteiger partial charge in [-0.2, -0.15) is 0 Å². The minimum absolute atomic E-state index is 0.0885. The molecule has 2 saturated carbocycles. The van der Waals surface area contributed by atoms with Crippen molar-refractivity contribution in [2.24, 2.45) is 5.92 Å². The maximum absolute atomic E-state index is 9.96. The SMILES string of the molecule is CC1CCCC(N[C@@H]2CCCC[C@H]2O)CC1. The Hall–Kier alpha value is -0.0800. The standard InChI is InChI=1S/C14H27NO/c1-11-5-4-6-12(10-9-11)15-13-7-2-3-8-14(13)16/h11-16H,2-10H2,1H3/t11?,12?,13-,14-/m1/s1. The third-order valence-electron chi connectivity index (χ3n) is 4.44. The molecule has 0 aromatic heterocycles. The number of hydrogen-bond donors (Lipinski definition) is 2. The molecule has 2 unspecified atom stereocenters. The van der Waals surface area contributed by atoms with Crippen LogP contribution in [-0.2, 0) is 0 Å². The normalized spacial score (nSPS) is 41.6. The first-order valence-electron chi connectivity index (χ1n) is 7.20. The Morgan fingerprint density at radius 3 is 2.50 bits per heavy atom. The van der Waals surface area contributed by atoms with Gasteiger partial charge in [0.15, 0.2) is 0 Å². The van der Waals surface area contributed by atoms with Gasteiger partial charge in [-0.3, -0.25) is 0 Å². The molecule has 2 rings (SSSR count). The quantitative estimate of drug-likeness (QED) is 0.708. The average Bonchev–Trinajstić information content (AvgIpc) is 2.47. The number of aliphatic hydroxyl groups is 1. The summed E-state index contributed by atoms with van der Waals surface area (Å²) in [6, 6.07) is 1.05. The fourth-order valence-electron chi connectivity index (χ4n) is 3.26. The van der Waals surface area contributed by atoms with Crippen molar-refractivity contribution in [2.45, 2.75) is 82.9 Å². The Balaban J connectivity index is 1.79. The lowest BCUT2D eigenvalue weighted by molar-refractivity contribution is 0.0835. The van der Waals surface area contributed by atoms with E-state index in [1.807, 2.05) is 0 Å². The number of rotatable bonds is 2. The third-order valence-corrected chi connectivity index (χ3v) is 4.44. The van der Waals surface area contributed by atoms with Crippen LogP contribution in [0.1, 0.15) is 64.7 Å². The first-order chi connectivity index (χ1) is 7.75. The summed E-state index contributed by atoms with van der Waals surface area (Å²) in [4.78, 5) is 0. The summed E-state index contributed by atoms with van der Waals surface area (Å²) < 4.78 is 0. The van der Waals surface area contributed by atoms with Crippen LogP contribution in [0.2, 0.25) is 0 Å². The smallest absolute Gasteiger partial charge is 0.0693 e. The van der Waals surface area contributed by atoms with Crippen molar-refractivity contribution in [3.8, 4) is 0 Å². The van der Waals surface area contributed by atoms with E-state index in [4.69, 9.17) is 0 Å². The lowest BCUT2D eigenvalue weighted by Gasteiger charge is -2.32. The third kappa shape index (κ3) is 3.46. The molecule has 0 aromatic rings. The molecule has 2 nitrogen and oxygen atoms in total. The molecule has 94 valence electrons. The first kappa shape index (κ1) is 12.4. The Morgan fingerprint density at radius 1 is 0.875 bits per heavy atom. The van der Waals surface area contributed by atoms with Gasteiger partial charge in [0.25, 0.3) is 0 Å². The highest BCUT2D eigenvalue weighted by molar-refractivity contribution is 4.84. The molecule has 0 radical (unpaired) electrons. The summed E-state index contributed by atoms with van der Waals surface area (Å²) in [7, 11) is 0. The van der Waals surface area contributed by atoms with E-state index < -0.39 is 0 Å². The lowest BCUT2D eigenvalue weighted by Crippen LogP contribution is -2.46. The molecular formula is C14H27NO. The molecular weight excluding hydrogens is 198 g/mol. The monoisotopic (exact) mass is 225 g/mol. The van der Waals surface area contributed by atoms with Gasteiger partial charge in [-0.1, -0.05) is 32.6 Å². The lowest BCUT2D eigenvalue weighted by atomic mass is 9.91. The maximum Gasteiger partial charge on any atom is 0.0693 e. The Bertz CT molecular complexity index is 207. The van der Waals surface area contributed by atoms with Crippen molar-refractivity contribution in [1.29, 1.82) is 0 Å². The van der Waals surface area contributed by atoms with E-state index in [1.54, 1.807) is 0 Å². The molecule has 2 heteroatoms. The number of hydrogen-bond acceptors (Lipinski definition) is 2. The van der Waals surface area contributed by atoms with E-state index in [1.165, 1.54) is 51.4 Å². The zero-order chi connectivity index (χ0) is 11.4. The van der Waals surface area contributed by atoms with Gasteiger partial charge in [0, 0.05) is 12.1 Å². The van der Waals surface area contributed by atoms with Crippen LogP contribution < -0.4 is 5.32 Å². The summed E-state index contributed by atoms with van der Waals surface area (Å²) in [6.45, 7) is 2.37. The van der Waals surface area contributed by atoms with Crippen LogP contribution in [0.3, 0.4) is 0 Å². The zero-order valence-corrected chi connectivity index (χ0v) is 10.6. The summed E-state index contributed by atoms with van der Waals surface area (Å²) in [5.41, 5.74) is 0. The van der Waals surface area contributed by atoms with Crippen LogP contribution >= 0.6 is 0 Å². The van der Waals surface area contributed by atoms with E-state index in [0.717, 1.165) is 12.3 Å². The van der Waals surface area contributed by atoms with Crippen LogP contribution in [0.25, 0.3) is 0 Å². The molecule has 0 saturated heterocycles. The van der Waals surface area contributed by atoms with Crippen LogP contribution in [0.4, 0.5) is 0 Å². The largest absolute Gasteiger partial charge is 0.392 e. The maximum atomic E-state index is 9.96. The predicted octanol–water partition coefficient (Wildman–Crippen LogP) is 2.85. The minimum Gasteiger partial charge on any atom is -0.392 e.